The average molecular weight is 422 g/mol. The van der Waals surface area contributed by atoms with Crippen LogP contribution in [0.5, 0.6) is 0 Å². The number of hydrogen-bond acceptors (Lipinski definition) is 9. The zero-order valence-electron chi connectivity index (χ0n) is 17.2. The third-order valence-corrected chi connectivity index (χ3v) is 5.62. The van der Waals surface area contributed by atoms with Crippen molar-refractivity contribution in [2.24, 2.45) is 5.41 Å². The number of carbonyl (C=O) groups is 1. The van der Waals surface area contributed by atoms with E-state index in [9.17, 15) is 15.0 Å². The number of hydrogen-bond donors (Lipinski definition) is 4. The van der Waals surface area contributed by atoms with E-state index in [4.69, 9.17) is 0 Å². The van der Waals surface area contributed by atoms with Gasteiger partial charge in [-0.3, -0.25) is 4.79 Å². The van der Waals surface area contributed by atoms with Crippen molar-refractivity contribution < 1.29 is 15.0 Å². The van der Waals surface area contributed by atoms with E-state index in [1.54, 1.807) is 37.0 Å². The molecule has 1 fully saturated rings. The molecule has 1 saturated carbocycles. The number of imidazole rings is 1. The minimum Gasteiger partial charge on any atom is -0.389 e. The van der Waals surface area contributed by atoms with E-state index in [-0.39, 0.29) is 18.2 Å². The summed E-state index contributed by atoms with van der Waals surface area (Å²) in [5.41, 5.74) is -0.240. The molecule has 4 rings (SSSR count). The van der Waals surface area contributed by atoms with Crippen LogP contribution >= 0.6 is 0 Å². The lowest BCUT2D eigenvalue weighted by Crippen LogP contribution is -2.45. The maximum absolute atomic E-state index is 12.4. The molecule has 0 saturated heterocycles. The molecular formula is C20H22N8O3. The molecule has 11 heteroatoms. The van der Waals surface area contributed by atoms with Gasteiger partial charge in [0.1, 0.15) is 6.10 Å². The Balaban J connectivity index is 1.78. The van der Waals surface area contributed by atoms with Crippen molar-refractivity contribution in [1.82, 2.24) is 34.8 Å². The lowest BCUT2D eigenvalue weighted by Gasteiger charge is -2.26. The molecule has 4 N–H and O–H groups in total. The number of amides is 1. The highest BCUT2D eigenvalue weighted by atomic mass is 16.3. The van der Waals surface area contributed by atoms with Crippen LogP contribution in [0.15, 0.2) is 24.8 Å². The molecule has 160 valence electrons. The summed E-state index contributed by atoms with van der Waals surface area (Å²) in [5, 5.41) is 26.9. The summed E-state index contributed by atoms with van der Waals surface area (Å²) in [6.07, 6.45) is 2.48. The van der Waals surface area contributed by atoms with Crippen molar-refractivity contribution >= 4 is 22.9 Å². The standard InChI is InChI=1S/C20H22N8O3/c1-20(19(31)22-3)9-11(15(29)16(20)30)28-10-25-14-17(21-2)26-13(27-18(14)28)6-5-12-23-7-4-8-24-12/h4,7-8,10-11,15-16,29-30H,9H2,1-3H3,(H,22,31)(H,21,26,27)/t11-,15+,16+,20?/m1/s1. The van der Waals surface area contributed by atoms with Crippen LogP contribution in [0.25, 0.3) is 11.2 Å². The van der Waals surface area contributed by atoms with Crippen LogP contribution in [-0.2, 0) is 4.79 Å². The van der Waals surface area contributed by atoms with Gasteiger partial charge in [0, 0.05) is 26.5 Å². The molecule has 1 amide bonds. The summed E-state index contributed by atoms with van der Waals surface area (Å²) < 4.78 is 1.66. The van der Waals surface area contributed by atoms with E-state index in [2.05, 4.69) is 47.4 Å². The van der Waals surface area contributed by atoms with Gasteiger partial charge in [0.25, 0.3) is 0 Å². The van der Waals surface area contributed by atoms with E-state index in [0.717, 1.165) is 0 Å². The fourth-order valence-corrected chi connectivity index (χ4v) is 3.90. The Morgan fingerprint density at radius 3 is 2.55 bits per heavy atom. The second kappa shape index (κ2) is 7.90. The number of carbonyl (C=O) groups excluding carboxylic acids is 1. The molecule has 0 bridgehead atoms. The summed E-state index contributed by atoms with van der Waals surface area (Å²) in [6.45, 7) is 1.63. The van der Waals surface area contributed by atoms with Gasteiger partial charge in [-0.1, -0.05) is 0 Å². The van der Waals surface area contributed by atoms with Crippen LogP contribution in [0, 0.1) is 17.3 Å². The molecule has 0 spiro atoms. The first-order valence-electron chi connectivity index (χ1n) is 9.68. The van der Waals surface area contributed by atoms with Gasteiger partial charge in [-0.25, -0.2) is 24.9 Å². The number of aromatic nitrogens is 6. The normalized spacial score (nSPS) is 25.1. The Morgan fingerprint density at radius 2 is 1.87 bits per heavy atom. The monoisotopic (exact) mass is 422 g/mol. The van der Waals surface area contributed by atoms with Crippen molar-refractivity contribution in [2.75, 3.05) is 19.4 Å². The lowest BCUT2D eigenvalue weighted by molar-refractivity contribution is -0.136. The number of rotatable bonds is 3. The van der Waals surface area contributed by atoms with Gasteiger partial charge in [-0.05, 0) is 31.3 Å². The van der Waals surface area contributed by atoms with Crippen LogP contribution in [-0.4, -0.2) is 71.9 Å². The van der Waals surface area contributed by atoms with Crippen LogP contribution in [0.4, 0.5) is 5.82 Å². The Morgan fingerprint density at radius 1 is 1.16 bits per heavy atom. The minimum atomic E-state index is -1.24. The summed E-state index contributed by atoms with van der Waals surface area (Å²) in [6, 6.07) is 1.08. The van der Waals surface area contributed by atoms with Gasteiger partial charge in [-0.15, -0.1) is 0 Å². The van der Waals surface area contributed by atoms with Crippen molar-refractivity contribution in [3.05, 3.63) is 36.4 Å². The Kier molecular flexibility index (Phi) is 5.26. The average Bonchev–Trinajstić information content (AvgIpc) is 3.32. The molecule has 11 nitrogen and oxygen atoms in total. The maximum Gasteiger partial charge on any atom is 0.228 e. The highest BCUT2D eigenvalue weighted by Gasteiger charge is 2.54. The minimum absolute atomic E-state index is 0.207. The zero-order chi connectivity index (χ0) is 22.2. The molecule has 0 radical (unpaired) electrons. The van der Waals surface area contributed by atoms with Gasteiger partial charge >= 0.3 is 0 Å². The van der Waals surface area contributed by atoms with E-state index in [1.807, 2.05) is 0 Å². The van der Waals surface area contributed by atoms with Crippen molar-refractivity contribution in [2.45, 2.75) is 31.6 Å². The summed E-state index contributed by atoms with van der Waals surface area (Å²) in [4.78, 5) is 33.7. The molecule has 3 aromatic heterocycles. The zero-order valence-corrected chi connectivity index (χ0v) is 17.2. The molecule has 31 heavy (non-hydrogen) atoms. The Bertz CT molecular complexity index is 1190. The second-order valence-corrected chi connectivity index (χ2v) is 7.50. The highest BCUT2D eigenvalue weighted by molar-refractivity contribution is 5.85. The molecule has 1 aliphatic carbocycles. The van der Waals surface area contributed by atoms with Gasteiger partial charge in [0.2, 0.25) is 17.6 Å². The smallest absolute Gasteiger partial charge is 0.228 e. The van der Waals surface area contributed by atoms with Gasteiger partial charge in [-0.2, -0.15) is 0 Å². The maximum atomic E-state index is 12.4. The third kappa shape index (κ3) is 3.45. The number of aliphatic hydroxyl groups is 2. The summed E-state index contributed by atoms with van der Waals surface area (Å²) in [7, 11) is 3.20. The Labute approximate surface area is 178 Å². The third-order valence-electron chi connectivity index (χ3n) is 5.62. The van der Waals surface area contributed by atoms with Crippen molar-refractivity contribution in [3.8, 4) is 11.8 Å². The van der Waals surface area contributed by atoms with Crippen LogP contribution in [0.1, 0.15) is 31.0 Å². The van der Waals surface area contributed by atoms with E-state index in [0.29, 0.717) is 22.8 Å². The van der Waals surface area contributed by atoms with E-state index < -0.39 is 23.7 Å². The van der Waals surface area contributed by atoms with E-state index >= 15 is 0 Å². The first-order chi connectivity index (χ1) is 14.9. The largest absolute Gasteiger partial charge is 0.389 e. The SMILES string of the molecule is CNC(=O)C1(C)C[C@@H](n2cnc3c(NC)nc(C#Cc4ncccn4)nc32)[C@H](O)[C@@H]1O. The number of nitrogens with zero attached hydrogens (tertiary/aromatic N) is 6. The summed E-state index contributed by atoms with van der Waals surface area (Å²) >= 11 is 0. The Hall–Kier alpha value is -3.62. The quantitative estimate of drug-likeness (QED) is 0.409. The van der Waals surface area contributed by atoms with Gasteiger partial charge < -0.3 is 25.4 Å². The first kappa shape index (κ1) is 20.6. The molecule has 3 aromatic rings. The van der Waals surface area contributed by atoms with E-state index in [1.165, 1.54) is 13.4 Å². The molecule has 0 aromatic carbocycles. The fourth-order valence-electron chi connectivity index (χ4n) is 3.90. The van der Waals surface area contributed by atoms with Gasteiger partial charge in [0.15, 0.2) is 17.0 Å². The van der Waals surface area contributed by atoms with Crippen LogP contribution in [0.3, 0.4) is 0 Å². The fraction of sp³-hybridized carbons (Fsp3) is 0.400. The number of anilines is 1. The van der Waals surface area contributed by atoms with Crippen LogP contribution < -0.4 is 10.6 Å². The number of aliphatic hydroxyl groups excluding tert-OH is 2. The molecule has 1 aliphatic rings. The molecular weight excluding hydrogens is 400 g/mol. The predicted octanol–water partition coefficient (Wildman–Crippen LogP) is -0.523. The molecule has 0 aliphatic heterocycles. The van der Waals surface area contributed by atoms with Gasteiger partial charge in [0.05, 0.1) is 23.9 Å². The van der Waals surface area contributed by atoms with Crippen LogP contribution in [0.2, 0.25) is 0 Å². The van der Waals surface area contributed by atoms with Crippen molar-refractivity contribution in [1.29, 1.82) is 0 Å². The van der Waals surface area contributed by atoms with Crippen molar-refractivity contribution in [3.63, 3.8) is 0 Å². The second-order valence-electron chi connectivity index (χ2n) is 7.50. The number of fused-ring (bicyclic) bond motifs is 1. The molecule has 1 unspecified atom stereocenters. The predicted molar refractivity (Wildman–Crippen MR) is 111 cm³/mol. The molecule has 3 heterocycles. The molecule has 4 atom stereocenters. The topological polar surface area (TPSA) is 151 Å². The summed E-state index contributed by atoms with van der Waals surface area (Å²) in [5.74, 6) is 6.33. The highest BCUT2D eigenvalue weighted by Crippen LogP contribution is 2.45. The lowest BCUT2D eigenvalue weighted by atomic mass is 9.85. The number of nitrogens with one attached hydrogen (secondary N) is 2. The first-order valence-corrected chi connectivity index (χ1v) is 9.68.